The lowest BCUT2D eigenvalue weighted by molar-refractivity contribution is -0.126. The normalized spacial score (nSPS) is 22.4. The average molecular weight is 469 g/mol. The third-order valence-corrected chi connectivity index (χ3v) is 6.10. The predicted octanol–water partition coefficient (Wildman–Crippen LogP) is 5.05. The van der Waals surface area contributed by atoms with Crippen LogP contribution in [0.3, 0.4) is 0 Å². The number of halogens is 2. The van der Waals surface area contributed by atoms with E-state index in [9.17, 15) is 9.59 Å². The Morgan fingerprint density at radius 2 is 1.56 bits per heavy atom. The van der Waals surface area contributed by atoms with Gasteiger partial charge in [-0.05, 0) is 48.0 Å². The number of carbonyl (C=O) groups is 2. The molecule has 0 spiro atoms. The van der Waals surface area contributed by atoms with Crippen LogP contribution in [0.2, 0.25) is 10.0 Å². The maximum atomic E-state index is 13.6. The van der Waals surface area contributed by atoms with Crippen LogP contribution < -0.4 is 14.7 Å². The summed E-state index contributed by atoms with van der Waals surface area (Å²) in [6, 6.07) is 20.9. The van der Waals surface area contributed by atoms with E-state index in [0.29, 0.717) is 21.5 Å². The van der Waals surface area contributed by atoms with E-state index in [1.165, 1.54) is 0 Å². The smallest absolute Gasteiger partial charge is 0.266 e. The summed E-state index contributed by atoms with van der Waals surface area (Å²) in [5.74, 6) is -0.934. The van der Waals surface area contributed by atoms with Crippen LogP contribution >= 0.6 is 23.2 Å². The number of para-hydroxylation sites is 1. The number of hydrogen-bond donors (Lipinski definition) is 0. The van der Waals surface area contributed by atoms with Crippen LogP contribution in [0.4, 0.5) is 11.4 Å². The number of hydrogen-bond acceptors (Lipinski definition) is 5. The summed E-state index contributed by atoms with van der Waals surface area (Å²) in [6.45, 7) is 0. The van der Waals surface area contributed by atoms with Crippen LogP contribution in [0.5, 0.6) is 5.75 Å². The summed E-state index contributed by atoms with van der Waals surface area (Å²) >= 11 is 12.2. The summed E-state index contributed by atoms with van der Waals surface area (Å²) in [6.07, 6.45) is -0.975. The maximum absolute atomic E-state index is 13.6. The lowest BCUT2D eigenvalue weighted by Crippen LogP contribution is -2.37. The zero-order valence-corrected chi connectivity index (χ0v) is 18.5. The Balaban J connectivity index is 1.60. The van der Waals surface area contributed by atoms with Gasteiger partial charge in [-0.15, -0.1) is 0 Å². The van der Waals surface area contributed by atoms with Crippen molar-refractivity contribution in [2.45, 2.75) is 12.1 Å². The molecule has 3 aromatic rings. The molecule has 2 saturated heterocycles. The third kappa shape index (κ3) is 3.41. The second-order valence-electron chi connectivity index (χ2n) is 7.57. The fourth-order valence-electron chi connectivity index (χ4n) is 4.30. The molecule has 0 aromatic heterocycles. The van der Waals surface area contributed by atoms with Crippen molar-refractivity contribution in [2.24, 2.45) is 5.92 Å². The molecular formula is C24H18Cl2N2O4. The number of carbonyl (C=O) groups excluding carboxylic acids is 2. The number of anilines is 2. The van der Waals surface area contributed by atoms with Gasteiger partial charge in [0.05, 0.1) is 24.5 Å². The minimum Gasteiger partial charge on any atom is -0.497 e. The lowest BCUT2D eigenvalue weighted by atomic mass is 9.90. The highest BCUT2D eigenvalue weighted by Crippen LogP contribution is 2.48. The van der Waals surface area contributed by atoms with Crippen molar-refractivity contribution in [3.05, 3.63) is 88.4 Å². The fourth-order valence-corrected chi connectivity index (χ4v) is 4.82. The number of ether oxygens (including phenoxy) is 1. The summed E-state index contributed by atoms with van der Waals surface area (Å²) in [4.78, 5) is 34.2. The van der Waals surface area contributed by atoms with Crippen LogP contribution in [0.25, 0.3) is 0 Å². The molecule has 8 heteroatoms. The minimum atomic E-state index is -0.975. The van der Waals surface area contributed by atoms with Crippen LogP contribution in [0, 0.1) is 5.92 Å². The summed E-state index contributed by atoms with van der Waals surface area (Å²) in [7, 11) is 1.58. The molecule has 3 atom stereocenters. The van der Waals surface area contributed by atoms with Gasteiger partial charge in [0.15, 0.2) is 6.10 Å². The Hall–Kier alpha value is -3.06. The quantitative estimate of drug-likeness (QED) is 0.501. The first-order chi connectivity index (χ1) is 15.5. The number of nitrogens with zero attached hydrogens (tertiary/aromatic N) is 2. The molecule has 0 unspecified atom stereocenters. The van der Waals surface area contributed by atoms with E-state index >= 15 is 0 Å². The standard InChI is InChI=1S/C24H18Cl2N2O4/c1-31-19-9-5-6-14(10-19)21-20-22(32-28(21)17-7-3-2-4-8-17)24(30)27(23(20)29)18-12-15(25)11-16(26)13-18/h2-13,20-22H,1H3/t20-,21-,22+/m0/s1. The number of hydroxylamine groups is 1. The maximum Gasteiger partial charge on any atom is 0.266 e. The summed E-state index contributed by atoms with van der Waals surface area (Å²) in [5.41, 5.74) is 1.87. The Morgan fingerprint density at radius 3 is 2.25 bits per heavy atom. The molecule has 2 fully saturated rings. The van der Waals surface area contributed by atoms with Gasteiger partial charge in [0.25, 0.3) is 5.91 Å². The first-order valence-corrected chi connectivity index (χ1v) is 10.7. The van der Waals surface area contributed by atoms with E-state index in [4.69, 9.17) is 32.8 Å². The third-order valence-electron chi connectivity index (χ3n) is 5.67. The van der Waals surface area contributed by atoms with Crippen molar-refractivity contribution in [3.63, 3.8) is 0 Å². The van der Waals surface area contributed by atoms with E-state index < -0.39 is 24.0 Å². The molecule has 32 heavy (non-hydrogen) atoms. The second kappa shape index (κ2) is 8.13. The number of amides is 2. The monoisotopic (exact) mass is 468 g/mol. The Morgan fingerprint density at radius 1 is 0.844 bits per heavy atom. The van der Waals surface area contributed by atoms with E-state index in [1.54, 1.807) is 30.4 Å². The molecule has 6 nitrogen and oxygen atoms in total. The largest absolute Gasteiger partial charge is 0.497 e. The molecule has 2 amide bonds. The first-order valence-electron chi connectivity index (χ1n) is 9.97. The van der Waals surface area contributed by atoms with Gasteiger partial charge < -0.3 is 4.74 Å². The van der Waals surface area contributed by atoms with Gasteiger partial charge in [-0.2, -0.15) is 0 Å². The van der Waals surface area contributed by atoms with E-state index in [-0.39, 0.29) is 5.91 Å². The van der Waals surface area contributed by atoms with Crippen LogP contribution in [-0.2, 0) is 14.4 Å². The highest BCUT2D eigenvalue weighted by atomic mass is 35.5. The van der Waals surface area contributed by atoms with Gasteiger partial charge in [0, 0.05) is 10.0 Å². The molecule has 3 aromatic carbocycles. The minimum absolute atomic E-state index is 0.325. The van der Waals surface area contributed by atoms with Crippen molar-refractivity contribution >= 4 is 46.4 Å². The van der Waals surface area contributed by atoms with Crippen LogP contribution in [-0.4, -0.2) is 25.0 Å². The van der Waals surface area contributed by atoms with E-state index in [2.05, 4.69) is 0 Å². The Labute approximate surface area is 194 Å². The number of rotatable bonds is 4. The number of methoxy groups -OCH3 is 1. The zero-order valence-electron chi connectivity index (χ0n) is 16.9. The van der Waals surface area contributed by atoms with Gasteiger partial charge in [0.1, 0.15) is 11.7 Å². The topological polar surface area (TPSA) is 59.1 Å². The fraction of sp³-hybridized carbons (Fsp3) is 0.167. The molecule has 162 valence electrons. The highest BCUT2D eigenvalue weighted by molar-refractivity contribution is 6.35. The molecule has 5 rings (SSSR count). The molecular weight excluding hydrogens is 451 g/mol. The highest BCUT2D eigenvalue weighted by Gasteiger charge is 2.60. The van der Waals surface area contributed by atoms with Gasteiger partial charge in [-0.3, -0.25) is 14.4 Å². The average Bonchev–Trinajstić information content (AvgIpc) is 3.30. The van der Waals surface area contributed by atoms with Gasteiger partial charge in [-0.1, -0.05) is 53.5 Å². The molecule has 2 aliphatic rings. The SMILES string of the molecule is COc1cccc([C@H]2[C@@H]3C(=O)N(c4cc(Cl)cc(Cl)c4)C(=O)[C@@H]3ON2c2ccccc2)c1. The predicted molar refractivity (Wildman–Crippen MR) is 122 cm³/mol. The van der Waals surface area contributed by atoms with Gasteiger partial charge in [-0.25, -0.2) is 9.96 Å². The Kier molecular flexibility index (Phi) is 5.29. The molecule has 2 aliphatic heterocycles. The van der Waals surface area contributed by atoms with Crippen LogP contribution in [0.15, 0.2) is 72.8 Å². The van der Waals surface area contributed by atoms with Crippen molar-refractivity contribution in [1.29, 1.82) is 0 Å². The first kappa shape index (κ1) is 20.8. The zero-order chi connectivity index (χ0) is 22.4. The van der Waals surface area contributed by atoms with Crippen LogP contribution in [0.1, 0.15) is 11.6 Å². The van der Waals surface area contributed by atoms with Crippen molar-refractivity contribution in [2.75, 3.05) is 17.1 Å². The molecule has 0 N–H and O–H groups in total. The Bertz CT molecular complexity index is 1180. The molecule has 2 heterocycles. The summed E-state index contributed by atoms with van der Waals surface area (Å²) < 4.78 is 5.38. The van der Waals surface area contributed by atoms with Gasteiger partial charge in [0.2, 0.25) is 5.91 Å². The molecule has 0 radical (unpaired) electrons. The molecule has 0 aliphatic carbocycles. The summed E-state index contributed by atoms with van der Waals surface area (Å²) in [5, 5.41) is 2.31. The van der Waals surface area contributed by atoms with Crippen molar-refractivity contribution in [3.8, 4) is 5.75 Å². The van der Waals surface area contributed by atoms with E-state index in [1.807, 2.05) is 54.6 Å². The van der Waals surface area contributed by atoms with Crippen molar-refractivity contribution in [1.82, 2.24) is 0 Å². The molecule has 0 bridgehead atoms. The number of benzene rings is 3. The second-order valence-corrected chi connectivity index (χ2v) is 8.45. The number of fused-ring (bicyclic) bond motifs is 1. The van der Waals surface area contributed by atoms with Crippen molar-refractivity contribution < 1.29 is 19.2 Å². The lowest BCUT2D eigenvalue weighted by Gasteiger charge is -2.29. The van der Waals surface area contributed by atoms with Gasteiger partial charge >= 0.3 is 0 Å². The van der Waals surface area contributed by atoms with E-state index in [0.717, 1.165) is 16.2 Å². The molecule has 0 saturated carbocycles. The number of imide groups is 1.